The minimum absolute atomic E-state index is 0.997. The van der Waals surface area contributed by atoms with Gasteiger partial charge >= 0.3 is 0 Å². The van der Waals surface area contributed by atoms with Crippen molar-refractivity contribution < 1.29 is 0 Å². The first-order valence-electron chi connectivity index (χ1n) is 13.4. The van der Waals surface area contributed by atoms with Crippen LogP contribution in [0.25, 0.3) is 0 Å². The van der Waals surface area contributed by atoms with Crippen LogP contribution >= 0.6 is 0 Å². The first-order valence-corrected chi connectivity index (χ1v) is 13.4. The lowest BCUT2D eigenvalue weighted by Gasteiger charge is -2.21. The molecule has 0 saturated carbocycles. The monoisotopic (exact) mass is 472 g/mol. The molecule has 0 fully saturated rings. The Labute approximate surface area is 218 Å². The summed E-state index contributed by atoms with van der Waals surface area (Å²) in [6.45, 7) is 18.4. The van der Waals surface area contributed by atoms with Gasteiger partial charge in [-0.3, -0.25) is 0 Å². The molecular formula is C36H40. The summed E-state index contributed by atoms with van der Waals surface area (Å²) in [5.41, 5.74) is 23.0. The molecule has 0 unspecified atom stereocenters. The molecule has 0 aromatic heterocycles. The molecule has 0 nitrogen and oxygen atoms in total. The van der Waals surface area contributed by atoms with Crippen LogP contribution in [-0.4, -0.2) is 0 Å². The summed E-state index contributed by atoms with van der Waals surface area (Å²) in [5, 5.41) is 0. The third-order valence-electron chi connectivity index (χ3n) is 8.59. The molecule has 4 aromatic carbocycles. The van der Waals surface area contributed by atoms with Crippen LogP contribution < -0.4 is 0 Å². The van der Waals surface area contributed by atoms with E-state index in [4.69, 9.17) is 0 Å². The lowest BCUT2D eigenvalue weighted by Crippen LogP contribution is -2.07. The standard InChI is InChI=1S/C36H40/c1-21-9-29-17-31-11-22(2)13-33(26(31)6)19-35-15-24(4)16-36(28(35)8)20-34-14-23(3)12-32(27(34)7)18-30(10-21)25(29)5/h9-16H,17-20H2,1-8H3. The predicted molar refractivity (Wildman–Crippen MR) is 155 cm³/mol. The topological polar surface area (TPSA) is 0 Å². The van der Waals surface area contributed by atoms with Crippen molar-refractivity contribution in [2.45, 2.75) is 81.1 Å². The summed E-state index contributed by atoms with van der Waals surface area (Å²) in [6, 6.07) is 19.3. The molecule has 0 aliphatic heterocycles. The second kappa shape index (κ2) is 9.40. The SMILES string of the molecule is Cc1cc2c(C)c(c1)Cc1cc(C)cc(c1C)Cc1cc(C)cc(c1C)Cc1cc(C)cc(c1C)C2. The molecule has 0 N–H and O–H groups in total. The van der Waals surface area contributed by atoms with Gasteiger partial charge in [-0.1, -0.05) is 70.8 Å². The van der Waals surface area contributed by atoms with Gasteiger partial charge in [0.2, 0.25) is 0 Å². The molecule has 1 aliphatic rings. The van der Waals surface area contributed by atoms with Gasteiger partial charge in [-0.15, -0.1) is 0 Å². The quantitative estimate of drug-likeness (QED) is 0.211. The zero-order valence-electron chi connectivity index (χ0n) is 23.4. The molecule has 0 heterocycles. The number of rotatable bonds is 0. The summed E-state index contributed by atoms with van der Waals surface area (Å²) in [5.74, 6) is 0. The molecular weight excluding hydrogens is 432 g/mol. The maximum atomic E-state index is 2.41. The Hall–Kier alpha value is -3.12. The van der Waals surface area contributed by atoms with Crippen molar-refractivity contribution in [3.63, 3.8) is 0 Å². The number of fused-ring (bicyclic) bond motifs is 8. The van der Waals surface area contributed by atoms with Gasteiger partial charge in [0, 0.05) is 0 Å². The fraction of sp³-hybridized carbons (Fsp3) is 0.333. The molecule has 0 saturated heterocycles. The van der Waals surface area contributed by atoms with Crippen molar-refractivity contribution in [1.82, 2.24) is 0 Å². The molecule has 0 spiro atoms. The molecule has 8 bridgehead atoms. The lowest BCUT2D eigenvalue weighted by molar-refractivity contribution is 1.01. The highest BCUT2D eigenvalue weighted by Gasteiger charge is 2.17. The normalized spacial score (nSPS) is 13.1. The van der Waals surface area contributed by atoms with Crippen LogP contribution in [0.2, 0.25) is 0 Å². The molecule has 0 radical (unpaired) electrons. The smallest absolute Gasteiger partial charge is 0.00201 e. The molecule has 0 heteroatoms. The van der Waals surface area contributed by atoms with Gasteiger partial charge < -0.3 is 0 Å². The zero-order chi connectivity index (χ0) is 25.7. The molecule has 1 aliphatic carbocycles. The lowest BCUT2D eigenvalue weighted by atomic mass is 9.84. The van der Waals surface area contributed by atoms with E-state index in [9.17, 15) is 0 Å². The minimum Gasteiger partial charge on any atom is -0.0555 e. The zero-order valence-corrected chi connectivity index (χ0v) is 23.4. The van der Waals surface area contributed by atoms with Crippen molar-refractivity contribution in [3.8, 4) is 0 Å². The highest BCUT2D eigenvalue weighted by Crippen LogP contribution is 2.31. The van der Waals surface area contributed by atoms with E-state index in [1.807, 2.05) is 0 Å². The van der Waals surface area contributed by atoms with Crippen LogP contribution in [-0.2, 0) is 25.7 Å². The highest BCUT2D eigenvalue weighted by molar-refractivity contribution is 5.51. The van der Waals surface area contributed by atoms with E-state index in [-0.39, 0.29) is 0 Å². The summed E-state index contributed by atoms with van der Waals surface area (Å²) in [6.07, 6.45) is 3.99. The molecule has 0 amide bonds. The first-order chi connectivity index (χ1) is 17.1. The molecule has 0 atom stereocenters. The van der Waals surface area contributed by atoms with Crippen LogP contribution in [0.1, 0.15) is 89.0 Å². The number of hydrogen-bond donors (Lipinski definition) is 0. The van der Waals surface area contributed by atoms with Crippen LogP contribution in [0.5, 0.6) is 0 Å². The predicted octanol–water partition coefficient (Wildman–Crippen LogP) is 8.83. The van der Waals surface area contributed by atoms with E-state index in [1.165, 1.54) is 89.0 Å². The van der Waals surface area contributed by atoms with E-state index in [2.05, 4.69) is 104 Å². The number of hydrogen-bond acceptors (Lipinski definition) is 0. The van der Waals surface area contributed by atoms with E-state index in [1.54, 1.807) is 0 Å². The number of aryl methyl sites for hydroxylation is 4. The maximum Gasteiger partial charge on any atom is -0.00201 e. The molecule has 184 valence electrons. The van der Waals surface area contributed by atoms with Gasteiger partial charge in [-0.25, -0.2) is 0 Å². The third kappa shape index (κ3) is 4.66. The summed E-state index contributed by atoms with van der Waals surface area (Å²) < 4.78 is 0. The van der Waals surface area contributed by atoms with Gasteiger partial charge in [-0.05, 0) is 148 Å². The Morgan fingerprint density at radius 1 is 0.278 bits per heavy atom. The van der Waals surface area contributed by atoms with Gasteiger partial charge in [0.15, 0.2) is 0 Å². The fourth-order valence-electron chi connectivity index (χ4n) is 6.35. The minimum atomic E-state index is 0.997. The fourth-order valence-corrected chi connectivity index (χ4v) is 6.35. The molecule has 36 heavy (non-hydrogen) atoms. The summed E-state index contributed by atoms with van der Waals surface area (Å²) in [4.78, 5) is 0. The van der Waals surface area contributed by atoms with Crippen molar-refractivity contribution in [2.75, 3.05) is 0 Å². The molecule has 5 rings (SSSR count). The average molecular weight is 473 g/mol. The summed E-state index contributed by atoms with van der Waals surface area (Å²) >= 11 is 0. The van der Waals surface area contributed by atoms with Gasteiger partial charge in [0.25, 0.3) is 0 Å². The Morgan fingerprint density at radius 2 is 0.417 bits per heavy atom. The van der Waals surface area contributed by atoms with Crippen LogP contribution in [0.15, 0.2) is 48.5 Å². The van der Waals surface area contributed by atoms with Crippen LogP contribution in [0.3, 0.4) is 0 Å². The van der Waals surface area contributed by atoms with E-state index in [0.717, 1.165) is 25.7 Å². The van der Waals surface area contributed by atoms with Gasteiger partial charge in [0.05, 0.1) is 0 Å². The first kappa shape index (κ1) is 24.6. The highest BCUT2D eigenvalue weighted by atomic mass is 14.2. The van der Waals surface area contributed by atoms with E-state index in [0.29, 0.717) is 0 Å². The second-order valence-corrected chi connectivity index (χ2v) is 11.5. The average Bonchev–Trinajstić information content (AvgIpc) is 2.80. The Morgan fingerprint density at radius 3 is 0.556 bits per heavy atom. The van der Waals surface area contributed by atoms with Gasteiger partial charge in [-0.2, -0.15) is 0 Å². The van der Waals surface area contributed by atoms with Crippen LogP contribution in [0.4, 0.5) is 0 Å². The van der Waals surface area contributed by atoms with Crippen molar-refractivity contribution in [2.24, 2.45) is 0 Å². The second-order valence-electron chi connectivity index (χ2n) is 11.5. The third-order valence-corrected chi connectivity index (χ3v) is 8.59. The van der Waals surface area contributed by atoms with E-state index >= 15 is 0 Å². The van der Waals surface area contributed by atoms with Crippen molar-refractivity contribution in [3.05, 3.63) is 138 Å². The molecule has 4 aromatic rings. The van der Waals surface area contributed by atoms with E-state index < -0.39 is 0 Å². The van der Waals surface area contributed by atoms with Gasteiger partial charge in [0.1, 0.15) is 0 Å². The van der Waals surface area contributed by atoms with Crippen LogP contribution in [0, 0.1) is 55.4 Å². The Balaban J connectivity index is 1.78. The summed E-state index contributed by atoms with van der Waals surface area (Å²) in [7, 11) is 0. The Bertz CT molecular complexity index is 1170. The largest absolute Gasteiger partial charge is 0.0555 e. The maximum absolute atomic E-state index is 2.41. The number of benzene rings is 4. The van der Waals surface area contributed by atoms with Crippen molar-refractivity contribution in [1.29, 1.82) is 0 Å². The Kier molecular flexibility index (Phi) is 6.41. The van der Waals surface area contributed by atoms with Crippen molar-refractivity contribution >= 4 is 0 Å².